The van der Waals surface area contributed by atoms with Gasteiger partial charge in [0.05, 0.1) is 12.5 Å². The van der Waals surface area contributed by atoms with Gasteiger partial charge in [-0.25, -0.2) is 0 Å². The van der Waals surface area contributed by atoms with E-state index in [-0.39, 0.29) is 11.8 Å². The molecule has 1 fully saturated rings. The second-order valence-corrected chi connectivity index (χ2v) is 4.00. The Kier molecular flexibility index (Phi) is 3.47. The first kappa shape index (κ1) is 10.7. The first-order valence-corrected chi connectivity index (χ1v) is 5.43. The van der Waals surface area contributed by atoms with E-state index in [9.17, 15) is 9.59 Å². The predicted molar refractivity (Wildman–Crippen MR) is 51.7 cm³/mol. The molecule has 74 valence electrons. The maximum atomic E-state index is 11.5. The summed E-state index contributed by atoms with van der Waals surface area (Å²) in [4.78, 5) is 22.5. The standard InChI is InChI=1S/C9H13BrO3/c1-13-8(12)9(6-10)4-2-7(11)3-5-9/h2-6H2,1H3. The summed E-state index contributed by atoms with van der Waals surface area (Å²) in [6, 6.07) is 0. The van der Waals surface area contributed by atoms with Crippen LogP contribution in [0.1, 0.15) is 25.7 Å². The number of halogens is 1. The molecule has 0 heterocycles. The van der Waals surface area contributed by atoms with Crippen LogP contribution in [0.4, 0.5) is 0 Å². The Morgan fingerprint density at radius 1 is 1.54 bits per heavy atom. The van der Waals surface area contributed by atoms with Crippen molar-refractivity contribution in [3.05, 3.63) is 0 Å². The van der Waals surface area contributed by atoms with Crippen molar-refractivity contribution in [1.29, 1.82) is 0 Å². The Morgan fingerprint density at radius 3 is 2.46 bits per heavy atom. The lowest BCUT2D eigenvalue weighted by molar-refractivity contribution is -0.153. The van der Waals surface area contributed by atoms with Gasteiger partial charge in [-0.1, -0.05) is 15.9 Å². The molecule has 0 bridgehead atoms. The van der Waals surface area contributed by atoms with E-state index in [4.69, 9.17) is 4.74 Å². The zero-order valence-electron chi connectivity index (χ0n) is 7.64. The number of ether oxygens (including phenoxy) is 1. The summed E-state index contributed by atoms with van der Waals surface area (Å²) in [7, 11) is 1.39. The minimum absolute atomic E-state index is 0.197. The van der Waals surface area contributed by atoms with Gasteiger partial charge in [-0.3, -0.25) is 9.59 Å². The molecule has 0 aromatic rings. The third-order valence-electron chi connectivity index (χ3n) is 2.64. The van der Waals surface area contributed by atoms with E-state index in [1.54, 1.807) is 0 Å². The first-order chi connectivity index (χ1) is 6.14. The second-order valence-electron chi connectivity index (χ2n) is 3.44. The predicted octanol–water partition coefficient (Wildman–Crippen LogP) is 1.68. The third kappa shape index (κ3) is 2.10. The lowest BCUT2D eigenvalue weighted by Crippen LogP contribution is -2.38. The number of rotatable bonds is 2. The van der Waals surface area contributed by atoms with Crippen LogP contribution in [-0.2, 0) is 14.3 Å². The highest BCUT2D eigenvalue weighted by Crippen LogP contribution is 2.37. The van der Waals surface area contributed by atoms with Gasteiger partial charge in [-0.05, 0) is 12.8 Å². The number of Topliss-reactive ketones (excluding diaryl/α,β-unsaturated/α-hetero) is 1. The van der Waals surface area contributed by atoms with Crippen molar-refractivity contribution in [2.24, 2.45) is 5.41 Å². The fourth-order valence-corrected chi connectivity index (χ4v) is 2.41. The van der Waals surface area contributed by atoms with Crippen molar-refractivity contribution in [1.82, 2.24) is 0 Å². The number of esters is 1. The first-order valence-electron chi connectivity index (χ1n) is 4.31. The van der Waals surface area contributed by atoms with Crippen LogP contribution in [0.3, 0.4) is 0 Å². The monoisotopic (exact) mass is 248 g/mol. The van der Waals surface area contributed by atoms with E-state index >= 15 is 0 Å². The van der Waals surface area contributed by atoms with Gasteiger partial charge in [0.15, 0.2) is 0 Å². The summed E-state index contributed by atoms with van der Waals surface area (Å²) < 4.78 is 4.74. The quantitative estimate of drug-likeness (QED) is 0.552. The van der Waals surface area contributed by atoms with Crippen molar-refractivity contribution < 1.29 is 14.3 Å². The van der Waals surface area contributed by atoms with Crippen molar-refractivity contribution in [3.8, 4) is 0 Å². The molecule has 0 unspecified atom stereocenters. The highest BCUT2D eigenvalue weighted by atomic mass is 79.9. The van der Waals surface area contributed by atoms with E-state index in [2.05, 4.69) is 15.9 Å². The molecule has 1 rings (SSSR count). The molecule has 0 radical (unpaired) electrons. The Morgan fingerprint density at radius 2 is 2.08 bits per heavy atom. The van der Waals surface area contributed by atoms with Gasteiger partial charge in [-0.2, -0.15) is 0 Å². The Bertz CT molecular complexity index is 215. The fraction of sp³-hybridized carbons (Fsp3) is 0.778. The lowest BCUT2D eigenvalue weighted by atomic mass is 9.75. The molecule has 13 heavy (non-hydrogen) atoms. The molecular weight excluding hydrogens is 236 g/mol. The number of carbonyl (C=O) groups is 2. The van der Waals surface area contributed by atoms with Crippen LogP contribution in [0.25, 0.3) is 0 Å². The smallest absolute Gasteiger partial charge is 0.312 e. The van der Waals surface area contributed by atoms with Crippen LogP contribution in [-0.4, -0.2) is 24.2 Å². The maximum absolute atomic E-state index is 11.5. The third-order valence-corrected chi connectivity index (χ3v) is 3.71. The molecule has 0 aliphatic heterocycles. The van der Waals surface area contributed by atoms with Gasteiger partial charge in [0.1, 0.15) is 5.78 Å². The number of ketones is 1. The minimum atomic E-state index is -0.456. The summed E-state index contributed by atoms with van der Waals surface area (Å²) in [6.07, 6.45) is 2.23. The molecule has 4 heteroatoms. The zero-order chi connectivity index (χ0) is 9.90. The summed E-state index contributed by atoms with van der Waals surface area (Å²) in [6.45, 7) is 0. The molecule has 1 aliphatic rings. The number of methoxy groups -OCH3 is 1. The highest BCUT2D eigenvalue weighted by Gasteiger charge is 2.41. The average Bonchev–Trinajstić information content (AvgIpc) is 2.18. The number of hydrogen-bond acceptors (Lipinski definition) is 3. The van der Waals surface area contributed by atoms with Gasteiger partial charge in [-0.15, -0.1) is 0 Å². The molecule has 0 amide bonds. The Balaban J connectivity index is 2.71. The van der Waals surface area contributed by atoms with Crippen LogP contribution in [0, 0.1) is 5.41 Å². The normalized spacial score (nSPS) is 21.2. The second kappa shape index (κ2) is 4.22. The number of carbonyl (C=O) groups excluding carboxylic acids is 2. The molecular formula is C9H13BrO3. The van der Waals surface area contributed by atoms with Crippen molar-refractivity contribution in [2.75, 3.05) is 12.4 Å². The van der Waals surface area contributed by atoms with Gasteiger partial charge < -0.3 is 4.74 Å². The van der Waals surface area contributed by atoms with Gasteiger partial charge in [0.2, 0.25) is 0 Å². The molecule has 0 atom stereocenters. The Hall–Kier alpha value is -0.380. The van der Waals surface area contributed by atoms with Crippen LogP contribution < -0.4 is 0 Å². The maximum Gasteiger partial charge on any atom is 0.312 e. The van der Waals surface area contributed by atoms with Crippen LogP contribution >= 0.6 is 15.9 Å². The van der Waals surface area contributed by atoms with Crippen LogP contribution in [0.15, 0.2) is 0 Å². The number of alkyl halides is 1. The average molecular weight is 249 g/mol. The summed E-state index contributed by atoms with van der Waals surface area (Å²) in [5.41, 5.74) is -0.456. The van der Waals surface area contributed by atoms with E-state index in [1.165, 1.54) is 7.11 Å². The highest BCUT2D eigenvalue weighted by molar-refractivity contribution is 9.09. The van der Waals surface area contributed by atoms with Crippen molar-refractivity contribution in [3.63, 3.8) is 0 Å². The molecule has 0 aromatic carbocycles. The van der Waals surface area contributed by atoms with Crippen LogP contribution in [0.2, 0.25) is 0 Å². The van der Waals surface area contributed by atoms with E-state index in [0.717, 1.165) is 0 Å². The zero-order valence-corrected chi connectivity index (χ0v) is 9.22. The van der Waals surface area contributed by atoms with E-state index in [0.29, 0.717) is 31.0 Å². The van der Waals surface area contributed by atoms with Crippen molar-refractivity contribution >= 4 is 27.7 Å². The summed E-state index contributed by atoms with van der Waals surface area (Å²) >= 11 is 3.32. The molecule has 0 spiro atoms. The molecule has 0 N–H and O–H groups in total. The Labute approximate surface area is 86.0 Å². The molecule has 1 aliphatic carbocycles. The SMILES string of the molecule is COC(=O)C1(CBr)CCC(=O)CC1. The topological polar surface area (TPSA) is 43.4 Å². The molecule has 1 saturated carbocycles. The van der Waals surface area contributed by atoms with Gasteiger partial charge in [0.25, 0.3) is 0 Å². The minimum Gasteiger partial charge on any atom is -0.469 e. The van der Waals surface area contributed by atoms with E-state index < -0.39 is 5.41 Å². The molecule has 0 saturated heterocycles. The molecule has 3 nitrogen and oxygen atoms in total. The summed E-state index contributed by atoms with van der Waals surface area (Å²) in [5, 5.41) is 0.583. The number of hydrogen-bond donors (Lipinski definition) is 0. The van der Waals surface area contributed by atoms with Gasteiger partial charge in [0, 0.05) is 18.2 Å². The van der Waals surface area contributed by atoms with Crippen molar-refractivity contribution in [2.45, 2.75) is 25.7 Å². The molecule has 0 aromatic heterocycles. The van der Waals surface area contributed by atoms with Gasteiger partial charge >= 0.3 is 5.97 Å². The largest absolute Gasteiger partial charge is 0.469 e. The van der Waals surface area contributed by atoms with Crippen LogP contribution in [0.5, 0.6) is 0 Å². The fourth-order valence-electron chi connectivity index (χ4n) is 1.62. The summed E-state index contributed by atoms with van der Waals surface area (Å²) in [5.74, 6) is 0.0531. The van der Waals surface area contributed by atoms with E-state index in [1.807, 2.05) is 0 Å². The lowest BCUT2D eigenvalue weighted by Gasteiger charge is -2.31.